The number of aromatic nitrogens is 2. The van der Waals surface area contributed by atoms with E-state index in [2.05, 4.69) is 35.7 Å². The lowest BCUT2D eigenvalue weighted by atomic mass is 9.49. The Labute approximate surface area is 176 Å². The number of fused-ring (bicyclic) bond motifs is 2. The van der Waals surface area contributed by atoms with Gasteiger partial charge >= 0.3 is 0 Å². The SMILES string of the molecule is Cc1nn(-c2ccccc2)c2c1C[C@@]1(O)[C@H]3Cc4ccc(O)cc4[C@@]1(CCN3C)C2. The average Bonchev–Trinajstić information content (AvgIpc) is 3.05. The van der Waals surface area contributed by atoms with Gasteiger partial charge in [0.1, 0.15) is 5.75 Å². The van der Waals surface area contributed by atoms with Gasteiger partial charge in [-0.1, -0.05) is 24.3 Å². The highest BCUT2D eigenvalue weighted by molar-refractivity contribution is 5.53. The molecule has 1 fully saturated rings. The Morgan fingerprint density at radius 1 is 1.10 bits per heavy atom. The van der Waals surface area contributed by atoms with Crippen LogP contribution in [0.5, 0.6) is 5.75 Å². The predicted molar refractivity (Wildman–Crippen MR) is 115 cm³/mol. The highest BCUT2D eigenvalue weighted by Crippen LogP contribution is 2.57. The summed E-state index contributed by atoms with van der Waals surface area (Å²) >= 11 is 0. The number of likely N-dealkylation sites (tertiary alicyclic amines) is 1. The van der Waals surface area contributed by atoms with Crippen molar-refractivity contribution in [2.24, 2.45) is 0 Å². The van der Waals surface area contributed by atoms with E-state index in [0.717, 1.165) is 42.8 Å². The second kappa shape index (κ2) is 5.96. The summed E-state index contributed by atoms with van der Waals surface area (Å²) in [5, 5.41) is 27.6. The topological polar surface area (TPSA) is 61.5 Å². The maximum absolute atomic E-state index is 12.4. The first-order valence-electron chi connectivity index (χ1n) is 10.8. The Hall–Kier alpha value is -2.63. The standard InChI is InChI=1S/C25H27N3O2/c1-16-20-14-25(30)23-12-17-8-9-19(29)13-21(17)24(25,10-11-27(23)2)15-22(20)28(26-16)18-6-4-3-5-7-18/h3-9,13,23,29-30H,10-12,14-15H2,1-2H3/t23-,24-,25-/m1/s1. The van der Waals surface area contributed by atoms with E-state index in [1.807, 2.05) is 30.3 Å². The summed E-state index contributed by atoms with van der Waals surface area (Å²) in [6, 6.07) is 16.1. The highest BCUT2D eigenvalue weighted by Gasteiger charge is 2.64. The molecule has 0 unspecified atom stereocenters. The maximum atomic E-state index is 12.4. The molecule has 5 nitrogen and oxygen atoms in total. The van der Waals surface area contributed by atoms with Crippen molar-refractivity contribution < 1.29 is 10.2 Å². The van der Waals surface area contributed by atoms with E-state index in [9.17, 15) is 10.2 Å². The Morgan fingerprint density at radius 2 is 1.90 bits per heavy atom. The first-order chi connectivity index (χ1) is 14.4. The summed E-state index contributed by atoms with van der Waals surface area (Å²) in [4.78, 5) is 2.33. The van der Waals surface area contributed by atoms with Gasteiger partial charge < -0.3 is 15.1 Å². The van der Waals surface area contributed by atoms with Crippen molar-refractivity contribution in [2.45, 2.75) is 49.7 Å². The number of benzene rings is 2. The van der Waals surface area contributed by atoms with Crippen molar-refractivity contribution in [2.75, 3.05) is 13.6 Å². The fourth-order valence-electron chi connectivity index (χ4n) is 6.49. The quantitative estimate of drug-likeness (QED) is 0.658. The van der Waals surface area contributed by atoms with Crippen LogP contribution in [0.2, 0.25) is 0 Å². The largest absolute Gasteiger partial charge is 0.508 e. The molecular formula is C25H27N3O2. The van der Waals surface area contributed by atoms with Crippen LogP contribution in [0.15, 0.2) is 48.5 Å². The van der Waals surface area contributed by atoms with Gasteiger partial charge in [0, 0.05) is 30.0 Å². The number of para-hydroxylation sites is 1. The van der Waals surface area contributed by atoms with Gasteiger partial charge in [-0.15, -0.1) is 0 Å². The number of likely N-dealkylation sites (N-methyl/N-ethyl adjacent to an activating group) is 1. The molecule has 30 heavy (non-hydrogen) atoms. The third-order valence-electron chi connectivity index (χ3n) is 8.03. The zero-order valence-corrected chi connectivity index (χ0v) is 17.5. The van der Waals surface area contributed by atoms with Crippen LogP contribution in [0.4, 0.5) is 0 Å². The molecule has 2 bridgehead atoms. The lowest BCUT2D eigenvalue weighted by Gasteiger charge is -2.63. The molecular weight excluding hydrogens is 374 g/mol. The molecule has 1 aromatic heterocycles. The van der Waals surface area contributed by atoms with Crippen LogP contribution >= 0.6 is 0 Å². The van der Waals surface area contributed by atoms with Gasteiger partial charge in [0.05, 0.1) is 17.0 Å². The number of aliphatic hydroxyl groups is 1. The summed E-state index contributed by atoms with van der Waals surface area (Å²) < 4.78 is 2.07. The number of phenols is 1. The number of hydrogen-bond donors (Lipinski definition) is 2. The molecule has 2 aromatic carbocycles. The Kier molecular flexibility index (Phi) is 3.61. The second-order valence-electron chi connectivity index (χ2n) is 9.41. The molecule has 3 aromatic rings. The van der Waals surface area contributed by atoms with Crippen molar-refractivity contribution in [3.8, 4) is 11.4 Å². The van der Waals surface area contributed by atoms with Crippen LogP contribution in [-0.4, -0.2) is 50.1 Å². The minimum Gasteiger partial charge on any atom is -0.508 e. The van der Waals surface area contributed by atoms with Gasteiger partial charge in [-0.05, 0) is 74.3 Å². The van der Waals surface area contributed by atoms with E-state index >= 15 is 0 Å². The number of rotatable bonds is 1. The maximum Gasteiger partial charge on any atom is 0.115 e. The molecule has 2 N–H and O–H groups in total. The molecule has 0 amide bonds. The molecule has 2 heterocycles. The third-order valence-corrected chi connectivity index (χ3v) is 8.03. The first-order valence-corrected chi connectivity index (χ1v) is 10.8. The van der Waals surface area contributed by atoms with Crippen LogP contribution in [0, 0.1) is 6.92 Å². The summed E-state index contributed by atoms with van der Waals surface area (Å²) in [5.41, 5.74) is 5.52. The Balaban J connectivity index is 1.61. The van der Waals surface area contributed by atoms with Gasteiger partial charge in [-0.3, -0.25) is 0 Å². The van der Waals surface area contributed by atoms with Crippen molar-refractivity contribution in [1.82, 2.24) is 14.7 Å². The third kappa shape index (κ3) is 2.17. The number of hydrogen-bond acceptors (Lipinski definition) is 4. The normalized spacial score (nSPS) is 29.8. The zero-order chi connectivity index (χ0) is 20.7. The van der Waals surface area contributed by atoms with Gasteiger partial charge in [-0.25, -0.2) is 4.68 Å². The van der Waals surface area contributed by atoms with Crippen molar-refractivity contribution in [3.05, 3.63) is 76.6 Å². The van der Waals surface area contributed by atoms with Crippen LogP contribution in [0.3, 0.4) is 0 Å². The number of nitrogens with zero attached hydrogens (tertiary/aromatic N) is 3. The second-order valence-corrected chi connectivity index (χ2v) is 9.41. The van der Waals surface area contributed by atoms with Gasteiger partial charge in [0.2, 0.25) is 0 Å². The molecule has 3 aliphatic rings. The van der Waals surface area contributed by atoms with Gasteiger partial charge in [0.25, 0.3) is 0 Å². The number of piperidine rings is 1. The molecule has 1 saturated heterocycles. The number of aryl methyl sites for hydroxylation is 1. The van der Waals surface area contributed by atoms with Crippen LogP contribution in [-0.2, 0) is 24.7 Å². The minimum atomic E-state index is -0.872. The molecule has 5 heteroatoms. The summed E-state index contributed by atoms with van der Waals surface area (Å²) in [5.74, 6) is 0.279. The first kappa shape index (κ1) is 18.2. The van der Waals surface area contributed by atoms with E-state index < -0.39 is 11.0 Å². The van der Waals surface area contributed by atoms with E-state index in [0.29, 0.717) is 6.42 Å². The monoisotopic (exact) mass is 401 g/mol. The summed E-state index contributed by atoms with van der Waals surface area (Å²) in [6.45, 7) is 3.00. The molecule has 2 aliphatic carbocycles. The molecule has 154 valence electrons. The van der Waals surface area contributed by atoms with Crippen molar-refractivity contribution >= 4 is 0 Å². The average molecular weight is 402 g/mol. The predicted octanol–water partition coefficient (Wildman–Crippen LogP) is 2.91. The molecule has 0 spiro atoms. The van der Waals surface area contributed by atoms with Crippen molar-refractivity contribution in [3.63, 3.8) is 0 Å². The Bertz CT molecular complexity index is 1150. The van der Waals surface area contributed by atoms with E-state index in [-0.39, 0.29) is 11.8 Å². The lowest BCUT2D eigenvalue weighted by Crippen LogP contribution is -2.73. The minimum absolute atomic E-state index is 0.0657. The molecule has 6 rings (SSSR count). The molecule has 3 atom stereocenters. The van der Waals surface area contributed by atoms with Crippen LogP contribution in [0.1, 0.15) is 34.5 Å². The molecule has 0 radical (unpaired) electrons. The lowest BCUT2D eigenvalue weighted by molar-refractivity contribution is -0.145. The van der Waals surface area contributed by atoms with Gasteiger partial charge in [0.15, 0.2) is 0 Å². The summed E-state index contributed by atoms with van der Waals surface area (Å²) in [7, 11) is 2.13. The smallest absolute Gasteiger partial charge is 0.115 e. The number of aromatic hydroxyl groups is 1. The number of phenolic OH excluding ortho intramolecular Hbond substituents is 1. The van der Waals surface area contributed by atoms with E-state index in [1.165, 1.54) is 16.8 Å². The Morgan fingerprint density at radius 3 is 2.70 bits per heavy atom. The van der Waals surface area contributed by atoms with Gasteiger partial charge in [-0.2, -0.15) is 5.10 Å². The van der Waals surface area contributed by atoms with E-state index in [1.54, 1.807) is 6.07 Å². The molecule has 0 saturated carbocycles. The fraction of sp³-hybridized carbons (Fsp3) is 0.400. The van der Waals surface area contributed by atoms with E-state index in [4.69, 9.17) is 5.10 Å². The molecule has 1 aliphatic heterocycles. The summed E-state index contributed by atoms with van der Waals surface area (Å²) in [6.07, 6.45) is 3.01. The fourth-order valence-corrected chi connectivity index (χ4v) is 6.49. The van der Waals surface area contributed by atoms with Crippen LogP contribution < -0.4 is 0 Å². The zero-order valence-electron chi connectivity index (χ0n) is 17.5. The van der Waals surface area contributed by atoms with Crippen molar-refractivity contribution in [1.29, 1.82) is 0 Å². The van der Waals surface area contributed by atoms with Crippen LogP contribution in [0.25, 0.3) is 5.69 Å². The highest BCUT2D eigenvalue weighted by atomic mass is 16.3.